The number of carbonyl (C=O) groups is 1. The van der Waals surface area contributed by atoms with Crippen LogP contribution in [0.5, 0.6) is 0 Å². The van der Waals surface area contributed by atoms with E-state index in [0.29, 0.717) is 24.3 Å². The lowest BCUT2D eigenvalue weighted by Gasteiger charge is -2.34. The van der Waals surface area contributed by atoms with Gasteiger partial charge in [-0.1, -0.05) is 18.2 Å². The summed E-state index contributed by atoms with van der Waals surface area (Å²) in [5.41, 5.74) is 2.80. The van der Waals surface area contributed by atoms with Gasteiger partial charge in [0.25, 0.3) is 5.91 Å². The van der Waals surface area contributed by atoms with Gasteiger partial charge in [-0.05, 0) is 19.1 Å². The number of pyridine rings is 1. The minimum atomic E-state index is -3.64. The third-order valence-corrected chi connectivity index (χ3v) is 7.90. The fraction of sp³-hybridized carbons (Fsp3) is 0.304. The highest BCUT2D eigenvalue weighted by molar-refractivity contribution is 7.89. The number of rotatable bonds is 5. The first-order chi connectivity index (χ1) is 16.4. The van der Waals surface area contributed by atoms with Gasteiger partial charge in [0.2, 0.25) is 10.0 Å². The Hall–Kier alpha value is -3.57. The topological polar surface area (TPSA) is 106 Å². The monoisotopic (exact) mass is 479 g/mol. The number of benzene rings is 1. The summed E-state index contributed by atoms with van der Waals surface area (Å²) >= 11 is 0. The molecule has 0 N–H and O–H groups in total. The molecule has 11 heteroatoms. The summed E-state index contributed by atoms with van der Waals surface area (Å²) in [5, 5.41) is 9.06. The van der Waals surface area contributed by atoms with Gasteiger partial charge < -0.3 is 4.90 Å². The molecule has 0 bridgehead atoms. The molecule has 4 aromatic rings. The van der Waals surface area contributed by atoms with E-state index in [1.807, 2.05) is 42.1 Å². The minimum Gasteiger partial charge on any atom is -0.336 e. The molecule has 1 amide bonds. The van der Waals surface area contributed by atoms with E-state index in [9.17, 15) is 13.2 Å². The zero-order valence-corrected chi connectivity index (χ0v) is 19.8. The average Bonchev–Trinajstić information content (AvgIpc) is 3.52. The van der Waals surface area contributed by atoms with Crippen molar-refractivity contribution < 1.29 is 13.2 Å². The Kier molecular flexibility index (Phi) is 5.66. The van der Waals surface area contributed by atoms with E-state index in [2.05, 4.69) is 10.2 Å². The number of aryl methyl sites for hydroxylation is 2. The lowest BCUT2D eigenvalue weighted by Crippen LogP contribution is -2.50. The van der Waals surface area contributed by atoms with Crippen LogP contribution in [0.25, 0.3) is 22.2 Å². The molecule has 5 rings (SSSR count). The summed E-state index contributed by atoms with van der Waals surface area (Å²) in [4.78, 5) is 20.2. The number of aromatic nitrogens is 5. The van der Waals surface area contributed by atoms with E-state index < -0.39 is 10.0 Å². The smallest absolute Gasteiger partial charge is 0.254 e. The molecule has 1 aliphatic rings. The van der Waals surface area contributed by atoms with Crippen LogP contribution in [-0.4, -0.2) is 74.3 Å². The number of nitrogens with zero attached hydrogens (tertiary/aromatic N) is 7. The zero-order valence-electron chi connectivity index (χ0n) is 19.0. The van der Waals surface area contributed by atoms with Gasteiger partial charge in [0.1, 0.15) is 4.90 Å². The highest BCUT2D eigenvalue weighted by Crippen LogP contribution is 2.26. The second kappa shape index (κ2) is 8.65. The minimum absolute atomic E-state index is 0.138. The fourth-order valence-corrected chi connectivity index (χ4v) is 5.56. The largest absolute Gasteiger partial charge is 0.336 e. The van der Waals surface area contributed by atoms with Gasteiger partial charge >= 0.3 is 0 Å². The molecule has 3 aromatic heterocycles. The summed E-state index contributed by atoms with van der Waals surface area (Å²) in [6.45, 7) is 3.81. The van der Waals surface area contributed by atoms with Crippen molar-refractivity contribution in [1.29, 1.82) is 0 Å². The molecule has 34 heavy (non-hydrogen) atoms. The van der Waals surface area contributed by atoms with Crippen LogP contribution >= 0.6 is 0 Å². The van der Waals surface area contributed by atoms with E-state index in [4.69, 9.17) is 4.98 Å². The van der Waals surface area contributed by atoms with E-state index in [-0.39, 0.29) is 23.9 Å². The van der Waals surface area contributed by atoms with Crippen molar-refractivity contribution >= 4 is 26.8 Å². The second-order valence-corrected chi connectivity index (χ2v) is 10.1. The Morgan fingerprint density at radius 1 is 1.03 bits per heavy atom. The number of fused-ring (bicyclic) bond motifs is 1. The molecular weight excluding hydrogens is 454 g/mol. The van der Waals surface area contributed by atoms with Gasteiger partial charge in [-0.3, -0.25) is 14.2 Å². The number of hydrogen-bond donors (Lipinski definition) is 0. The predicted molar refractivity (Wildman–Crippen MR) is 127 cm³/mol. The molecule has 1 aromatic carbocycles. The van der Waals surface area contributed by atoms with Crippen LogP contribution in [0, 0.1) is 0 Å². The van der Waals surface area contributed by atoms with Crippen molar-refractivity contribution in [3.8, 4) is 11.3 Å². The number of amides is 1. The fourth-order valence-electron chi connectivity index (χ4n) is 4.15. The Balaban J connectivity index is 1.41. The Morgan fingerprint density at radius 2 is 1.79 bits per heavy atom. The van der Waals surface area contributed by atoms with E-state index >= 15 is 0 Å². The highest BCUT2D eigenvalue weighted by Gasteiger charge is 2.32. The maximum absolute atomic E-state index is 13.6. The first kappa shape index (κ1) is 22.2. The number of hydrogen-bond acceptors (Lipinski definition) is 6. The summed E-state index contributed by atoms with van der Waals surface area (Å²) in [7, 11) is -1.96. The predicted octanol–water partition coefficient (Wildman–Crippen LogP) is 2.00. The third-order valence-electron chi connectivity index (χ3n) is 6.04. The first-order valence-corrected chi connectivity index (χ1v) is 12.5. The molecule has 176 valence electrons. The third kappa shape index (κ3) is 3.97. The van der Waals surface area contributed by atoms with Crippen molar-refractivity contribution in [3.05, 3.63) is 60.7 Å². The normalized spacial score (nSPS) is 15.2. The van der Waals surface area contributed by atoms with Crippen LogP contribution in [0.2, 0.25) is 0 Å². The summed E-state index contributed by atoms with van der Waals surface area (Å²) < 4.78 is 30.5. The van der Waals surface area contributed by atoms with Crippen LogP contribution < -0.4 is 0 Å². The molecule has 1 fully saturated rings. The van der Waals surface area contributed by atoms with Crippen LogP contribution in [0.15, 0.2) is 60.0 Å². The molecule has 1 saturated heterocycles. The molecule has 4 heterocycles. The lowest BCUT2D eigenvalue weighted by molar-refractivity contribution is 0.0700. The van der Waals surface area contributed by atoms with Crippen LogP contribution in [0.4, 0.5) is 0 Å². The van der Waals surface area contributed by atoms with Gasteiger partial charge in [0.15, 0.2) is 0 Å². The maximum Gasteiger partial charge on any atom is 0.254 e. The lowest BCUT2D eigenvalue weighted by atomic mass is 10.0. The van der Waals surface area contributed by atoms with Crippen LogP contribution in [-0.2, 0) is 23.6 Å². The highest BCUT2D eigenvalue weighted by atomic mass is 32.2. The van der Waals surface area contributed by atoms with Crippen molar-refractivity contribution in [2.24, 2.45) is 7.05 Å². The van der Waals surface area contributed by atoms with Gasteiger partial charge in [-0.25, -0.2) is 13.4 Å². The molecule has 10 nitrogen and oxygen atoms in total. The molecule has 0 unspecified atom stereocenters. The number of sulfonamides is 1. The van der Waals surface area contributed by atoms with Gasteiger partial charge in [-0.2, -0.15) is 14.5 Å². The summed E-state index contributed by atoms with van der Waals surface area (Å²) in [6.07, 6.45) is 6.49. The molecule has 0 aliphatic carbocycles. The Morgan fingerprint density at radius 3 is 2.47 bits per heavy atom. The second-order valence-electron chi connectivity index (χ2n) is 8.20. The molecule has 0 spiro atoms. The van der Waals surface area contributed by atoms with Crippen molar-refractivity contribution in [3.63, 3.8) is 0 Å². The summed E-state index contributed by atoms with van der Waals surface area (Å²) in [5.74, 6) is -0.138. The number of piperazine rings is 1. The van der Waals surface area contributed by atoms with Gasteiger partial charge in [-0.15, -0.1) is 0 Å². The molecule has 0 saturated carbocycles. The van der Waals surface area contributed by atoms with Crippen molar-refractivity contribution in [2.75, 3.05) is 26.2 Å². The molecule has 1 aliphatic heterocycles. The van der Waals surface area contributed by atoms with Gasteiger partial charge in [0, 0.05) is 63.1 Å². The molecule has 0 atom stereocenters. The SMILES string of the molecule is CCn1cc(-c2cc(C(=O)N3CCN(S(=O)(=O)c4cnn(C)c4)CC3)c3ccccc3n2)cn1. The zero-order chi connectivity index (χ0) is 23.9. The first-order valence-electron chi connectivity index (χ1n) is 11.1. The van der Waals surface area contributed by atoms with E-state index in [1.165, 1.54) is 21.4 Å². The maximum atomic E-state index is 13.6. The Bertz CT molecular complexity index is 1470. The van der Waals surface area contributed by atoms with Crippen LogP contribution in [0.1, 0.15) is 17.3 Å². The standard InChI is InChI=1S/C23H25N7O3S/c1-3-29-15-17(13-25-29)22-12-20(19-6-4-5-7-21(19)26-22)23(31)28-8-10-30(11-9-28)34(32,33)18-14-24-27(2)16-18/h4-7,12-16H,3,8-11H2,1-2H3. The van der Waals surface area contributed by atoms with Gasteiger partial charge in [0.05, 0.1) is 29.2 Å². The number of para-hydroxylation sites is 1. The average molecular weight is 480 g/mol. The van der Waals surface area contributed by atoms with Crippen molar-refractivity contribution in [2.45, 2.75) is 18.4 Å². The Labute approximate surface area is 197 Å². The molecule has 0 radical (unpaired) electrons. The number of carbonyl (C=O) groups excluding carboxylic acids is 1. The summed E-state index contributed by atoms with van der Waals surface area (Å²) in [6, 6.07) is 9.36. The van der Waals surface area contributed by atoms with Crippen molar-refractivity contribution in [1.82, 2.24) is 33.8 Å². The van der Waals surface area contributed by atoms with Crippen LogP contribution in [0.3, 0.4) is 0 Å². The van der Waals surface area contributed by atoms with E-state index in [0.717, 1.165) is 23.0 Å². The van der Waals surface area contributed by atoms with E-state index in [1.54, 1.807) is 24.2 Å². The quantitative estimate of drug-likeness (QED) is 0.433. The molecular formula is C23H25N7O3S.